The SMILES string of the molecule is Cl.NCC1CCCN1c1ccc2ccccc2c1. The Hall–Kier alpha value is -1.25. The van der Waals surface area contributed by atoms with Gasteiger partial charge in [-0.3, -0.25) is 0 Å². The standard InChI is InChI=1S/C15H18N2.ClH/c16-11-15-6-3-9-17(15)14-8-7-12-4-1-2-5-13(12)10-14;/h1-2,4-5,7-8,10,15H,3,6,9,11,16H2;1H. The van der Waals surface area contributed by atoms with Crippen molar-refractivity contribution >= 4 is 28.9 Å². The molecule has 0 bridgehead atoms. The predicted octanol–water partition coefficient (Wildman–Crippen LogP) is 3.19. The molecule has 2 nitrogen and oxygen atoms in total. The van der Waals surface area contributed by atoms with Gasteiger partial charge in [0.1, 0.15) is 0 Å². The average Bonchev–Trinajstić information content (AvgIpc) is 2.86. The van der Waals surface area contributed by atoms with Crippen LogP contribution in [0.3, 0.4) is 0 Å². The molecule has 96 valence electrons. The number of rotatable bonds is 2. The average molecular weight is 263 g/mol. The minimum Gasteiger partial charge on any atom is -0.367 e. The zero-order valence-electron chi connectivity index (χ0n) is 10.4. The van der Waals surface area contributed by atoms with E-state index in [0.717, 1.165) is 13.1 Å². The second-order valence-electron chi connectivity index (χ2n) is 4.76. The van der Waals surface area contributed by atoms with Crippen LogP contribution in [0.25, 0.3) is 10.8 Å². The Labute approximate surface area is 114 Å². The van der Waals surface area contributed by atoms with Crippen molar-refractivity contribution in [1.82, 2.24) is 0 Å². The Morgan fingerprint density at radius 3 is 2.67 bits per heavy atom. The molecule has 0 saturated carbocycles. The molecule has 1 heterocycles. The maximum atomic E-state index is 5.83. The van der Waals surface area contributed by atoms with Gasteiger partial charge in [0.15, 0.2) is 0 Å². The number of nitrogens with zero attached hydrogens (tertiary/aromatic N) is 1. The number of hydrogen-bond donors (Lipinski definition) is 1. The third kappa shape index (κ3) is 2.31. The van der Waals surface area contributed by atoms with Crippen molar-refractivity contribution in [2.24, 2.45) is 5.73 Å². The second kappa shape index (κ2) is 5.59. The van der Waals surface area contributed by atoms with Crippen molar-refractivity contribution in [3.63, 3.8) is 0 Å². The summed E-state index contributed by atoms with van der Waals surface area (Å²) in [6, 6.07) is 15.7. The van der Waals surface area contributed by atoms with Gasteiger partial charge < -0.3 is 10.6 Å². The van der Waals surface area contributed by atoms with Crippen LogP contribution in [0.4, 0.5) is 5.69 Å². The lowest BCUT2D eigenvalue weighted by molar-refractivity contribution is 0.677. The molecule has 1 fully saturated rings. The van der Waals surface area contributed by atoms with Crippen LogP contribution in [0.1, 0.15) is 12.8 Å². The summed E-state index contributed by atoms with van der Waals surface area (Å²) in [7, 11) is 0. The van der Waals surface area contributed by atoms with Crippen LogP contribution in [0.5, 0.6) is 0 Å². The monoisotopic (exact) mass is 262 g/mol. The minimum absolute atomic E-state index is 0. The quantitative estimate of drug-likeness (QED) is 0.901. The minimum atomic E-state index is 0. The second-order valence-corrected chi connectivity index (χ2v) is 4.76. The van der Waals surface area contributed by atoms with Crippen molar-refractivity contribution in [1.29, 1.82) is 0 Å². The molecule has 0 aliphatic carbocycles. The molecule has 0 aromatic heterocycles. The molecule has 0 radical (unpaired) electrons. The number of hydrogen-bond acceptors (Lipinski definition) is 2. The van der Waals surface area contributed by atoms with Gasteiger partial charge >= 0.3 is 0 Å². The van der Waals surface area contributed by atoms with Crippen LogP contribution >= 0.6 is 12.4 Å². The van der Waals surface area contributed by atoms with Gasteiger partial charge in [-0.1, -0.05) is 30.3 Å². The topological polar surface area (TPSA) is 29.3 Å². The van der Waals surface area contributed by atoms with Gasteiger partial charge in [0, 0.05) is 24.8 Å². The molecule has 1 atom stereocenters. The van der Waals surface area contributed by atoms with Gasteiger partial charge in [-0.15, -0.1) is 12.4 Å². The molecule has 1 unspecified atom stereocenters. The molecule has 2 N–H and O–H groups in total. The highest BCUT2D eigenvalue weighted by Gasteiger charge is 2.23. The van der Waals surface area contributed by atoms with Gasteiger partial charge in [-0.25, -0.2) is 0 Å². The van der Waals surface area contributed by atoms with E-state index >= 15 is 0 Å². The summed E-state index contributed by atoms with van der Waals surface area (Å²) >= 11 is 0. The Balaban J connectivity index is 0.00000120. The summed E-state index contributed by atoms with van der Waals surface area (Å²) in [5, 5.41) is 2.62. The van der Waals surface area contributed by atoms with Gasteiger partial charge in [0.2, 0.25) is 0 Å². The molecule has 2 aromatic carbocycles. The molecule has 0 amide bonds. The van der Waals surface area contributed by atoms with E-state index in [2.05, 4.69) is 47.4 Å². The van der Waals surface area contributed by atoms with Gasteiger partial charge in [0.25, 0.3) is 0 Å². The fourth-order valence-electron chi connectivity index (χ4n) is 2.78. The number of fused-ring (bicyclic) bond motifs is 1. The van der Waals surface area contributed by atoms with Crippen molar-refractivity contribution in [3.8, 4) is 0 Å². The van der Waals surface area contributed by atoms with Crippen LogP contribution in [-0.4, -0.2) is 19.1 Å². The molecule has 1 saturated heterocycles. The lowest BCUT2D eigenvalue weighted by Gasteiger charge is -2.26. The first-order valence-corrected chi connectivity index (χ1v) is 6.34. The zero-order chi connectivity index (χ0) is 11.7. The highest BCUT2D eigenvalue weighted by molar-refractivity contribution is 5.86. The van der Waals surface area contributed by atoms with Gasteiger partial charge in [0.05, 0.1) is 0 Å². The Morgan fingerprint density at radius 2 is 1.89 bits per heavy atom. The van der Waals surface area contributed by atoms with Crippen LogP contribution in [0.15, 0.2) is 42.5 Å². The van der Waals surface area contributed by atoms with Crippen LogP contribution < -0.4 is 10.6 Å². The fraction of sp³-hybridized carbons (Fsp3) is 0.333. The number of halogens is 1. The van der Waals surface area contributed by atoms with E-state index in [4.69, 9.17) is 5.73 Å². The van der Waals surface area contributed by atoms with Gasteiger partial charge in [-0.2, -0.15) is 0 Å². The third-order valence-corrected chi connectivity index (χ3v) is 3.71. The molecule has 0 spiro atoms. The maximum Gasteiger partial charge on any atom is 0.0412 e. The summed E-state index contributed by atoms with van der Waals surface area (Å²) in [6.07, 6.45) is 2.48. The summed E-state index contributed by atoms with van der Waals surface area (Å²) in [4.78, 5) is 2.45. The predicted molar refractivity (Wildman–Crippen MR) is 80.6 cm³/mol. The van der Waals surface area contributed by atoms with E-state index in [1.165, 1.54) is 29.3 Å². The molecule has 3 heteroatoms. The molecular weight excluding hydrogens is 244 g/mol. The lowest BCUT2D eigenvalue weighted by Crippen LogP contribution is -2.35. The molecule has 2 aromatic rings. The molecule has 1 aliphatic rings. The number of anilines is 1. The molecule has 3 rings (SSSR count). The summed E-state index contributed by atoms with van der Waals surface area (Å²) < 4.78 is 0. The smallest absolute Gasteiger partial charge is 0.0412 e. The molecular formula is C15H19ClN2. The molecule has 18 heavy (non-hydrogen) atoms. The highest BCUT2D eigenvalue weighted by atomic mass is 35.5. The van der Waals surface area contributed by atoms with Crippen molar-refractivity contribution in [2.45, 2.75) is 18.9 Å². The summed E-state index contributed by atoms with van der Waals surface area (Å²) in [5.74, 6) is 0. The van der Waals surface area contributed by atoms with E-state index in [9.17, 15) is 0 Å². The van der Waals surface area contributed by atoms with Crippen LogP contribution in [0, 0.1) is 0 Å². The maximum absolute atomic E-state index is 5.83. The molecule has 1 aliphatic heterocycles. The number of benzene rings is 2. The van der Waals surface area contributed by atoms with Crippen molar-refractivity contribution < 1.29 is 0 Å². The van der Waals surface area contributed by atoms with Crippen molar-refractivity contribution in [2.75, 3.05) is 18.0 Å². The van der Waals surface area contributed by atoms with E-state index in [0.29, 0.717) is 6.04 Å². The van der Waals surface area contributed by atoms with E-state index in [1.54, 1.807) is 0 Å². The third-order valence-electron chi connectivity index (χ3n) is 3.71. The Kier molecular flexibility index (Phi) is 4.10. The summed E-state index contributed by atoms with van der Waals surface area (Å²) in [5.41, 5.74) is 7.15. The first-order chi connectivity index (χ1) is 8.38. The summed E-state index contributed by atoms with van der Waals surface area (Å²) in [6.45, 7) is 1.90. The Bertz CT molecular complexity index is 527. The normalized spacial score (nSPS) is 18.9. The largest absolute Gasteiger partial charge is 0.367 e. The van der Waals surface area contributed by atoms with Crippen molar-refractivity contribution in [3.05, 3.63) is 42.5 Å². The first-order valence-electron chi connectivity index (χ1n) is 6.34. The zero-order valence-corrected chi connectivity index (χ0v) is 11.2. The van der Waals surface area contributed by atoms with Crippen LogP contribution in [-0.2, 0) is 0 Å². The van der Waals surface area contributed by atoms with E-state index < -0.39 is 0 Å². The fourth-order valence-corrected chi connectivity index (χ4v) is 2.78. The van der Waals surface area contributed by atoms with Crippen LogP contribution in [0.2, 0.25) is 0 Å². The first kappa shape index (κ1) is 13.2. The lowest BCUT2D eigenvalue weighted by atomic mass is 10.1. The number of nitrogens with two attached hydrogens (primary N) is 1. The highest BCUT2D eigenvalue weighted by Crippen LogP contribution is 2.28. The Morgan fingerprint density at radius 1 is 1.11 bits per heavy atom. The van der Waals surface area contributed by atoms with Gasteiger partial charge in [-0.05, 0) is 35.7 Å². The van der Waals surface area contributed by atoms with E-state index in [1.807, 2.05) is 0 Å². The van der Waals surface area contributed by atoms with E-state index in [-0.39, 0.29) is 12.4 Å².